The fraction of sp³-hybridized carbons (Fsp3) is 0.829. The van der Waals surface area contributed by atoms with E-state index in [0.29, 0.717) is 26.1 Å². The first-order valence-corrected chi connectivity index (χ1v) is 25.1. The number of nitrogens with one attached hydrogen (secondary N) is 6. The standard InChI is InChI=1S/C41H77N7O14S3/c1-38(2,3)48-28(37(58)59)23-64-25-33(53)44-17-18-46-65(60)21-12-29(49)34(54)35(55)45-16-15-43-32(52)24-63-22-27(36(56)57)47-31(51)10-13-40(6,7)62-20-14-39(4,5)26-61-19-11-30(50)41(8,9)42/h27-29,34,46,48-49,54H,10-26,42H2,1-9H3,(H,43,52)(H,44,53)(H,45,55)(H,47,51)(H,56,57)(H,58,59)/t27?,28?,29-,34+,65?/m1/s1. The molecule has 24 heteroatoms. The Morgan fingerprint density at radius 3 is 1.78 bits per heavy atom. The molecule has 0 saturated carbocycles. The van der Waals surface area contributed by atoms with Crippen LogP contribution in [0.1, 0.15) is 94.4 Å². The second-order valence-electron chi connectivity index (χ2n) is 18.5. The highest BCUT2D eigenvalue weighted by atomic mass is 32.2. The summed E-state index contributed by atoms with van der Waals surface area (Å²) in [5.74, 6) is -4.66. The molecule has 0 bridgehead atoms. The zero-order chi connectivity index (χ0) is 50.0. The Balaban J connectivity index is 4.33. The van der Waals surface area contributed by atoms with Crippen LogP contribution in [0.5, 0.6) is 0 Å². The number of amides is 4. The van der Waals surface area contributed by atoms with Crippen LogP contribution in [-0.4, -0.2) is 182 Å². The third-order valence-corrected chi connectivity index (χ3v) is 12.4. The van der Waals surface area contributed by atoms with E-state index in [9.17, 15) is 58.2 Å². The highest BCUT2D eigenvalue weighted by Crippen LogP contribution is 2.24. The maximum Gasteiger partial charge on any atom is 0.327 e. The summed E-state index contributed by atoms with van der Waals surface area (Å²) in [4.78, 5) is 84.5. The summed E-state index contributed by atoms with van der Waals surface area (Å²) in [6, 6.07) is -2.06. The van der Waals surface area contributed by atoms with Crippen molar-refractivity contribution in [1.82, 2.24) is 31.3 Å². The number of thioether (sulfide) groups is 2. The summed E-state index contributed by atoms with van der Waals surface area (Å²) in [6.45, 7) is 17.8. The first kappa shape index (κ1) is 62.1. The van der Waals surface area contributed by atoms with Crippen molar-refractivity contribution in [2.24, 2.45) is 11.1 Å². The minimum atomic E-state index is -1.83. The van der Waals surface area contributed by atoms with E-state index in [-0.39, 0.29) is 97.9 Å². The zero-order valence-corrected chi connectivity index (χ0v) is 42.0. The van der Waals surface area contributed by atoms with E-state index in [1.165, 1.54) is 0 Å². The predicted molar refractivity (Wildman–Crippen MR) is 252 cm³/mol. The number of hydrogen-bond acceptors (Lipinski definition) is 16. The van der Waals surface area contributed by atoms with Crippen LogP contribution >= 0.6 is 23.5 Å². The lowest BCUT2D eigenvalue weighted by Gasteiger charge is -2.29. The summed E-state index contributed by atoms with van der Waals surface area (Å²) in [5.41, 5.74) is 3.60. The maximum atomic E-state index is 12.6. The van der Waals surface area contributed by atoms with Gasteiger partial charge < -0.3 is 56.9 Å². The van der Waals surface area contributed by atoms with Crippen molar-refractivity contribution in [3.63, 3.8) is 0 Å². The van der Waals surface area contributed by atoms with Crippen molar-refractivity contribution in [3.8, 4) is 0 Å². The molecule has 21 nitrogen and oxygen atoms in total. The molecule has 0 aromatic rings. The van der Waals surface area contributed by atoms with Gasteiger partial charge in [0.25, 0.3) is 5.91 Å². The molecule has 0 fully saturated rings. The second kappa shape index (κ2) is 31.2. The third kappa shape index (κ3) is 32.4. The number of carbonyl (C=O) groups excluding carboxylic acids is 5. The van der Waals surface area contributed by atoms with Crippen molar-refractivity contribution in [2.75, 3.05) is 74.8 Å². The number of ether oxygens (including phenoxy) is 2. The molecule has 378 valence electrons. The molecule has 0 radical (unpaired) electrons. The van der Waals surface area contributed by atoms with E-state index in [1.807, 2.05) is 48.5 Å². The highest BCUT2D eigenvalue weighted by Gasteiger charge is 2.28. The molecule has 12 N–H and O–H groups in total. The van der Waals surface area contributed by atoms with Crippen LogP contribution in [0.3, 0.4) is 0 Å². The Morgan fingerprint density at radius 2 is 1.25 bits per heavy atom. The van der Waals surface area contributed by atoms with E-state index in [1.54, 1.807) is 13.8 Å². The monoisotopic (exact) mass is 987 g/mol. The molecule has 0 rings (SSSR count). The van der Waals surface area contributed by atoms with Crippen LogP contribution in [0, 0.1) is 5.41 Å². The molecular weight excluding hydrogens is 911 g/mol. The summed E-state index contributed by atoms with van der Waals surface area (Å²) in [6.07, 6.45) is -2.34. The summed E-state index contributed by atoms with van der Waals surface area (Å²) in [7, 11) is -1.65. The van der Waals surface area contributed by atoms with Gasteiger partial charge in [0.15, 0.2) is 11.9 Å². The fourth-order valence-corrected chi connectivity index (χ4v) is 7.93. The minimum absolute atomic E-state index is 0.00885. The Bertz CT molecular complexity index is 1540. The van der Waals surface area contributed by atoms with Gasteiger partial charge >= 0.3 is 11.9 Å². The molecule has 0 saturated heterocycles. The topological polar surface area (TPSA) is 334 Å². The summed E-state index contributed by atoms with van der Waals surface area (Å²) >= 11 is 2.15. The number of carbonyl (C=O) groups is 7. The van der Waals surface area contributed by atoms with E-state index < -0.39 is 81.6 Å². The number of aliphatic hydroxyl groups is 2. The molecule has 0 aliphatic carbocycles. The average Bonchev–Trinajstić information content (AvgIpc) is 3.18. The van der Waals surface area contributed by atoms with Crippen LogP contribution in [-0.2, 0) is 54.0 Å². The van der Waals surface area contributed by atoms with Crippen molar-refractivity contribution in [1.29, 1.82) is 0 Å². The van der Waals surface area contributed by atoms with Crippen molar-refractivity contribution in [2.45, 2.75) is 135 Å². The zero-order valence-electron chi connectivity index (χ0n) is 39.5. The molecule has 65 heavy (non-hydrogen) atoms. The number of Topliss-reactive ketones (excluding diaryl/α,β-unsaturated/α-hetero) is 1. The Labute approximate surface area is 394 Å². The molecule has 0 heterocycles. The van der Waals surface area contributed by atoms with Gasteiger partial charge in [0.2, 0.25) is 17.7 Å². The van der Waals surface area contributed by atoms with E-state index in [4.69, 9.17) is 15.2 Å². The maximum absolute atomic E-state index is 12.6. The smallest absolute Gasteiger partial charge is 0.327 e. The molecule has 0 aromatic carbocycles. The molecule has 0 aliphatic heterocycles. The van der Waals surface area contributed by atoms with Gasteiger partial charge in [0.05, 0.1) is 52.9 Å². The Morgan fingerprint density at radius 1 is 0.708 bits per heavy atom. The third-order valence-electron chi connectivity index (χ3n) is 9.17. The van der Waals surface area contributed by atoms with Crippen molar-refractivity contribution in [3.05, 3.63) is 0 Å². The van der Waals surface area contributed by atoms with Gasteiger partial charge in [-0.2, -0.15) is 0 Å². The van der Waals surface area contributed by atoms with Gasteiger partial charge in [-0.25, -0.2) is 13.7 Å². The first-order chi connectivity index (χ1) is 29.9. The van der Waals surface area contributed by atoms with Crippen LogP contribution in [0.2, 0.25) is 0 Å². The molecular formula is C41H77N7O14S3. The number of carboxylic acid groups (broad SMARTS) is 2. The van der Waals surface area contributed by atoms with Gasteiger partial charge in [-0.1, -0.05) is 13.8 Å². The number of nitrogens with two attached hydrogens (primary N) is 1. The summed E-state index contributed by atoms with van der Waals surface area (Å²) < 4.78 is 26.7. The van der Waals surface area contributed by atoms with Crippen LogP contribution in [0.25, 0.3) is 0 Å². The number of ketones is 1. The van der Waals surface area contributed by atoms with Crippen LogP contribution < -0.4 is 37.0 Å². The molecule has 3 unspecified atom stereocenters. The molecule has 0 spiro atoms. The Kier molecular flexibility index (Phi) is 29.8. The number of aliphatic carboxylic acids is 2. The van der Waals surface area contributed by atoms with Crippen LogP contribution in [0.15, 0.2) is 0 Å². The SMILES string of the molecule is CC(C)(CCOC(C)(C)CCC(=O)NC(CSCC(=O)NCCNC(=O)[C@@H](O)[C@H](O)CCS(=O)NCCNC(=O)CSCC(NC(C)(C)C)C(=O)O)C(=O)O)COCCC(=O)C(C)(C)N. The number of hydrogen-bond donors (Lipinski definition) is 11. The highest BCUT2D eigenvalue weighted by molar-refractivity contribution is 8.00. The lowest BCUT2D eigenvalue weighted by Crippen LogP contribution is -2.49. The van der Waals surface area contributed by atoms with Gasteiger partial charge in [0, 0.05) is 68.4 Å². The van der Waals surface area contributed by atoms with Gasteiger partial charge in [-0.05, 0) is 73.1 Å². The lowest BCUT2D eigenvalue weighted by atomic mass is 9.90. The van der Waals surface area contributed by atoms with Gasteiger partial charge in [-0.3, -0.25) is 34.1 Å². The van der Waals surface area contributed by atoms with Crippen molar-refractivity contribution < 1.29 is 67.7 Å². The first-order valence-electron chi connectivity index (χ1n) is 21.5. The van der Waals surface area contributed by atoms with Crippen LogP contribution in [0.4, 0.5) is 0 Å². The average molecular weight is 988 g/mol. The largest absolute Gasteiger partial charge is 0.480 e. The minimum Gasteiger partial charge on any atom is -0.480 e. The second-order valence-corrected chi connectivity index (χ2v) is 21.9. The molecule has 5 atom stereocenters. The predicted octanol–water partition coefficient (Wildman–Crippen LogP) is -0.718. The number of aliphatic hydroxyl groups excluding tert-OH is 2. The molecule has 0 aromatic heterocycles. The Hall–Kier alpha value is -2.94. The summed E-state index contributed by atoms with van der Waals surface area (Å²) in [5, 5.41) is 52.4. The van der Waals surface area contributed by atoms with E-state index in [2.05, 4.69) is 31.3 Å². The number of carboxylic acids is 2. The van der Waals surface area contributed by atoms with Gasteiger partial charge in [0.1, 0.15) is 12.1 Å². The normalized spacial score (nSPS) is 14.6. The fourth-order valence-electron chi connectivity index (χ4n) is 5.27. The van der Waals surface area contributed by atoms with E-state index in [0.717, 1.165) is 23.5 Å². The van der Waals surface area contributed by atoms with Gasteiger partial charge in [-0.15, -0.1) is 23.5 Å². The number of rotatable bonds is 37. The van der Waals surface area contributed by atoms with E-state index >= 15 is 0 Å². The van der Waals surface area contributed by atoms with Crippen molar-refractivity contribution >= 4 is 75.9 Å². The molecule has 0 aliphatic rings. The quantitative estimate of drug-likeness (QED) is 0.0342. The molecule has 4 amide bonds. The lowest BCUT2D eigenvalue weighted by molar-refractivity contribution is -0.141.